The standard InChI is InChI=1S/C28H34F2N4O2/c29-25-9-3-23(4-10-25)7-13-27(35)31-15-1-17-33-19-21-34(22-20-33)18-2-16-32-28(36)14-8-24-5-11-26(30)12-6-24/h3-14H,1-2,15-22H2,(H,31,35)(H,32,36). The fourth-order valence-corrected chi connectivity index (χ4v) is 3.87. The smallest absolute Gasteiger partial charge is 0.243 e. The Morgan fingerprint density at radius 2 is 1.03 bits per heavy atom. The molecular weight excluding hydrogens is 462 g/mol. The molecule has 0 aromatic heterocycles. The van der Waals surface area contributed by atoms with Crippen LogP contribution in [0.4, 0.5) is 8.78 Å². The van der Waals surface area contributed by atoms with Gasteiger partial charge in [-0.05, 0) is 73.5 Å². The molecular formula is C28H34F2N4O2. The van der Waals surface area contributed by atoms with E-state index in [4.69, 9.17) is 0 Å². The molecule has 2 aromatic carbocycles. The zero-order valence-electron chi connectivity index (χ0n) is 20.5. The van der Waals surface area contributed by atoms with E-state index in [0.29, 0.717) is 13.1 Å². The Balaban J connectivity index is 1.19. The molecule has 3 rings (SSSR count). The van der Waals surface area contributed by atoms with Crippen molar-refractivity contribution >= 4 is 24.0 Å². The molecule has 1 aliphatic heterocycles. The highest BCUT2D eigenvalue weighted by Gasteiger charge is 2.15. The maximum absolute atomic E-state index is 12.9. The van der Waals surface area contributed by atoms with Gasteiger partial charge in [0.2, 0.25) is 11.8 Å². The minimum atomic E-state index is -0.296. The van der Waals surface area contributed by atoms with Crippen molar-refractivity contribution in [3.63, 3.8) is 0 Å². The second-order valence-corrected chi connectivity index (χ2v) is 8.74. The van der Waals surface area contributed by atoms with Crippen LogP contribution in [0.15, 0.2) is 60.7 Å². The van der Waals surface area contributed by atoms with Gasteiger partial charge in [-0.25, -0.2) is 8.78 Å². The Morgan fingerprint density at radius 3 is 1.39 bits per heavy atom. The normalized spacial score (nSPS) is 14.9. The molecule has 1 saturated heterocycles. The molecule has 0 aliphatic carbocycles. The first-order valence-corrected chi connectivity index (χ1v) is 12.4. The minimum absolute atomic E-state index is 0.151. The first-order chi connectivity index (χ1) is 17.5. The lowest BCUT2D eigenvalue weighted by atomic mass is 10.2. The molecule has 0 bridgehead atoms. The lowest BCUT2D eigenvalue weighted by Gasteiger charge is -2.34. The lowest BCUT2D eigenvalue weighted by Crippen LogP contribution is -2.47. The zero-order chi connectivity index (χ0) is 25.6. The van der Waals surface area contributed by atoms with Gasteiger partial charge in [0, 0.05) is 51.4 Å². The maximum atomic E-state index is 12.9. The second kappa shape index (κ2) is 14.9. The van der Waals surface area contributed by atoms with Crippen LogP contribution >= 0.6 is 0 Å². The van der Waals surface area contributed by atoms with Crippen LogP contribution in [0.25, 0.3) is 12.2 Å². The van der Waals surface area contributed by atoms with Crippen molar-refractivity contribution < 1.29 is 18.4 Å². The fraction of sp³-hybridized carbons (Fsp3) is 0.357. The molecule has 1 heterocycles. The van der Waals surface area contributed by atoms with Crippen LogP contribution in [0.5, 0.6) is 0 Å². The molecule has 36 heavy (non-hydrogen) atoms. The van der Waals surface area contributed by atoms with Gasteiger partial charge >= 0.3 is 0 Å². The number of nitrogens with zero attached hydrogens (tertiary/aromatic N) is 2. The summed E-state index contributed by atoms with van der Waals surface area (Å²) in [5.41, 5.74) is 1.57. The number of hydrogen-bond acceptors (Lipinski definition) is 4. The molecule has 0 atom stereocenters. The monoisotopic (exact) mass is 496 g/mol. The van der Waals surface area contributed by atoms with E-state index in [9.17, 15) is 18.4 Å². The lowest BCUT2D eigenvalue weighted by molar-refractivity contribution is -0.117. The van der Waals surface area contributed by atoms with Crippen LogP contribution in [0.1, 0.15) is 24.0 Å². The third-order valence-electron chi connectivity index (χ3n) is 5.96. The summed E-state index contributed by atoms with van der Waals surface area (Å²) in [5.74, 6) is -0.894. The average Bonchev–Trinajstić information content (AvgIpc) is 2.89. The van der Waals surface area contributed by atoms with Gasteiger partial charge in [-0.1, -0.05) is 24.3 Å². The van der Waals surface area contributed by atoms with Gasteiger partial charge in [0.05, 0.1) is 0 Å². The molecule has 1 aliphatic rings. The number of piperazine rings is 1. The van der Waals surface area contributed by atoms with Crippen molar-refractivity contribution in [2.75, 3.05) is 52.4 Å². The Labute approximate surface area is 211 Å². The molecule has 1 fully saturated rings. The van der Waals surface area contributed by atoms with Gasteiger partial charge < -0.3 is 20.4 Å². The highest BCUT2D eigenvalue weighted by atomic mass is 19.1. The predicted molar refractivity (Wildman–Crippen MR) is 139 cm³/mol. The Morgan fingerprint density at radius 1 is 0.667 bits per heavy atom. The predicted octanol–water partition coefficient (Wildman–Crippen LogP) is 3.32. The summed E-state index contributed by atoms with van der Waals surface area (Å²) in [6.07, 6.45) is 8.04. The van der Waals surface area contributed by atoms with E-state index in [1.54, 1.807) is 36.4 Å². The van der Waals surface area contributed by atoms with Crippen molar-refractivity contribution in [1.29, 1.82) is 0 Å². The van der Waals surface area contributed by atoms with E-state index in [0.717, 1.165) is 63.2 Å². The summed E-state index contributed by atoms with van der Waals surface area (Å²) in [7, 11) is 0. The van der Waals surface area contributed by atoms with Gasteiger partial charge in [-0.15, -0.1) is 0 Å². The largest absolute Gasteiger partial charge is 0.353 e. The zero-order valence-corrected chi connectivity index (χ0v) is 20.5. The first kappa shape index (κ1) is 27.2. The van der Waals surface area contributed by atoms with Gasteiger partial charge in [0.25, 0.3) is 0 Å². The average molecular weight is 497 g/mol. The number of nitrogens with one attached hydrogen (secondary N) is 2. The second-order valence-electron chi connectivity index (χ2n) is 8.74. The van der Waals surface area contributed by atoms with Gasteiger partial charge in [-0.3, -0.25) is 9.59 Å². The molecule has 8 heteroatoms. The Kier molecular flexibility index (Phi) is 11.3. The number of halogens is 2. The van der Waals surface area contributed by atoms with Crippen LogP contribution in [-0.4, -0.2) is 74.0 Å². The summed E-state index contributed by atoms with van der Waals surface area (Å²) in [6, 6.07) is 12.0. The molecule has 2 N–H and O–H groups in total. The molecule has 192 valence electrons. The summed E-state index contributed by atoms with van der Waals surface area (Å²) >= 11 is 0. The van der Waals surface area contributed by atoms with E-state index >= 15 is 0 Å². The SMILES string of the molecule is O=C(C=Cc1ccc(F)cc1)NCCCN1CCN(CCCNC(=O)C=Cc2ccc(F)cc2)CC1. The van der Waals surface area contributed by atoms with E-state index in [-0.39, 0.29) is 23.4 Å². The van der Waals surface area contributed by atoms with Crippen molar-refractivity contribution in [1.82, 2.24) is 20.4 Å². The molecule has 0 spiro atoms. The first-order valence-electron chi connectivity index (χ1n) is 12.4. The van der Waals surface area contributed by atoms with Gasteiger partial charge in [0.1, 0.15) is 11.6 Å². The van der Waals surface area contributed by atoms with Gasteiger partial charge in [-0.2, -0.15) is 0 Å². The van der Waals surface area contributed by atoms with Crippen molar-refractivity contribution in [3.8, 4) is 0 Å². The van der Waals surface area contributed by atoms with Crippen molar-refractivity contribution in [2.45, 2.75) is 12.8 Å². The molecule has 2 aromatic rings. The molecule has 2 amide bonds. The molecule has 6 nitrogen and oxygen atoms in total. The van der Waals surface area contributed by atoms with Crippen LogP contribution in [0.3, 0.4) is 0 Å². The number of carbonyl (C=O) groups is 2. The topological polar surface area (TPSA) is 64.7 Å². The fourth-order valence-electron chi connectivity index (χ4n) is 3.87. The number of rotatable bonds is 12. The van der Waals surface area contributed by atoms with Crippen molar-refractivity contribution in [3.05, 3.63) is 83.4 Å². The van der Waals surface area contributed by atoms with E-state index in [2.05, 4.69) is 20.4 Å². The number of hydrogen-bond donors (Lipinski definition) is 2. The van der Waals surface area contributed by atoms with E-state index in [1.807, 2.05) is 0 Å². The summed E-state index contributed by atoms with van der Waals surface area (Å²) < 4.78 is 25.8. The minimum Gasteiger partial charge on any atom is -0.353 e. The van der Waals surface area contributed by atoms with Crippen LogP contribution in [0, 0.1) is 11.6 Å². The van der Waals surface area contributed by atoms with Crippen molar-refractivity contribution in [2.24, 2.45) is 0 Å². The van der Waals surface area contributed by atoms with Crippen LogP contribution < -0.4 is 10.6 Å². The number of benzene rings is 2. The Hall–Kier alpha value is -3.36. The molecule has 0 unspecified atom stereocenters. The Bertz CT molecular complexity index is 931. The summed E-state index contributed by atoms with van der Waals surface area (Å²) in [5, 5.41) is 5.77. The quantitative estimate of drug-likeness (QED) is 0.350. The molecule has 0 radical (unpaired) electrons. The highest BCUT2D eigenvalue weighted by Crippen LogP contribution is 2.06. The van der Waals surface area contributed by atoms with E-state index < -0.39 is 0 Å². The third-order valence-corrected chi connectivity index (χ3v) is 5.96. The maximum Gasteiger partial charge on any atom is 0.243 e. The number of amides is 2. The van der Waals surface area contributed by atoms with Crippen LogP contribution in [-0.2, 0) is 9.59 Å². The van der Waals surface area contributed by atoms with Crippen LogP contribution in [0.2, 0.25) is 0 Å². The van der Waals surface area contributed by atoms with E-state index in [1.165, 1.54) is 36.4 Å². The third kappa shape index (κ3) is 10.5. The molecule has 0 saturated carbocycles. The summed E-state index contributed by atoms with van der Waals surface area (Å²) in [4.78, 5) is 28.6. The highest BCUT2D eigenvalue weighted by molar-refractivity contribution is 5.92. The van der Waals surface area contributed by atoms with Gasteiger partial charge in [0.15, 0.2) is 0 Å². The summed E-state index contributed by atoms with van der Waals surface area (Å²) in [6.45, 7) is 7.06. The number of carbonyl (C=O) groups excluding carboxylic acids is 2.